The van der Waals surface area contributed by atoms with Gasteiger partial charge in [-0.1, -0.05) is 6.07 Å². The fourth-order valence-electron chi connectivity index (χ4n) is 3.52. The van der Waals surface area contributed by atoms with Crippen molar-refractivity contribution in [3.63, 3.8) is 0 Å². The van der Waals surface area contributed by atoms with Crippen LogP contribution in [0.2, 0.25) is 0 Å². The van der Waals surface area contributed by atoms with Crippen LogP contribution in [-0.4, -0.2) is 35.5 Å². The second kappa shape index (κ2) is 6.80. The second-order valence-corrected chi connectivity index (χ2v) is 8.16. The number of aryl methyl sites for hydroxylation is 1. The quantitative estimate of drug-likeness (QED) is 0.828. The molecule has 0 unspecified atom stereocenters. The van der Waals surface area contributed by atoms with E-state index in [9.17, 15) is 4.79 Å². The van der Waals surface area contributed by atoms with Gasteiger partial charge in [0.15, 0.2) is 15.5 Å². The van der Waals surface area contributed by atoms with E-state index in [1.807, 2.05) is 24.0 Å². The van der Waals surface area contributed by atoms with E-state index < -0.39 is 0 Å². The Bertz CT molecular complexity index is 858. The number of aromatic amines is 1. The normalized spacial score (nSPS) is 19.2. The maximum atomic E-state index is 12.9. The van der Waals surface area contributed by atoms with Crippen LogP contribution in [0.25, 0.3) is 0 Å². The molecule has 1 amide bonds. The SMILES string of the molecule is Cc1[nH]c(=S)sc1CC(=O)N1CCC[C@H]1c1ccc2c(c1)OCCO2. The lowest BCUT2D eigenvalue weighted by atomic mass is 10.0. The maximum Gasteiger partial charge on any atom is 0.228 e. The summed E-state index contributed by atoms with van der Waals surface area (Å²) in [6, 6.07) is 6.13. The average Bonchev–Trinajstić information content (AvgIpc) is 3.21. The van der Waals surface area contributed by atoms with Gasteiger partial charge in [0, 0.05) is 17.1 Å². The van der Waals surface area contributed by atoms with Crippen molar-refractivity contribution in [3.05, 3.63) is 38.3 Å². The zero-order valence-corrected chi connectivity index (χ0v) is 15.7. The zero-order chi connectivity index (χ0) is 17.4. The van der Waals surface area contributed by atoms with Crippen LogP contribution in [0.5, 0.6) is 11.5 Å². The summed E-state index contributed by atoms with van der Waals surface area (Å²) in [7, 11) is 0. The minimum absolute atomic E-state index is 0.107. The Morgan fingerprint density at radius 2 is 2.16 bits per heavy atom. The molecule has 7 heteroatoms. The number of amides is 1. The average molecular weight is 377 g/mol. The van der Waals surface area contributed by atoms with Crippen molar-refractivity contribution in [3.8, 4) is 11.5 Å². The minimum atomic E-state index is 0.107. The van der Waals surface area contributed by atoms with Crippen LogP contribution in [0.1, 0.15) is 35.0 Å². The van der Waals surface area contributed by atoms with Crippen molar-refractivity contribution >= 4 is 29.5 Å². The molecule has 1 aromatic carbocycles. The lowest BCUT2D eigenvalue weighted by molar-refractivity contribution is -0.131. The summed E-state index contributed by atoms with van der Waals surface area (Å²) in [4.78, 5) is 19.0. The predicted octanol–water partition coefficient (Wildman–Crippen LogP) is 3.79. The van der Waals surface area contributed by atoms with Crippen LogP contribution in [0, 0.1) is 10.9 Å². The third-order valence-corrected chi connectivity index (χ3v) is 6.10. The van der Waals surface area contributed by atoms with Gasteiger partial charge < -0.3 is 19.4 Å². The van der Waals surface area contributed by atoms with E-state index in [2.05, 4.69) is 11.1 Å². The highest BCUT2D eigenvalue weighted by Gasteiger charge is 2.31. The van der Waals surface area contributed by atoms with Gasteiger partial charge in [0.25, 0.3) is 0 Å². The van der Waals surface area contributed by atoms with Crippen LogP contribution >= 0.6 is 23.6 Å². The van der Waals surface area contributed by atoms with Crippen LogP contribution < -0.4 is 9.47 Å². The summed E-state index contributed by atoms with van der Waals surface area (Å²) in [6.07, 6.45) is 2.41. The number of nitrogens with zero attached hydrogens (tertiary/aromatic N) is 1. The number of aromatic nitrogens is 1. The molecule has 2 aliphatic heterocycles. The summed E-state index contributed by atoms with van der Waals surface area (Å²) < 4.78 is 12.0. The highest BCUT2D eigenvalue weighted by Crippen LogP contribution is 2.38. The first-order valence-electron chi connectivity index (χ1n) is 8.49. The van der Waals surface area contributed by atoms with E-state index in [4.69, 9.17) is 21.7 Å². The summed E-state index contributed by atoms with van der Waals surface area (Å²) in [5.41, 5.74) is 2.12. The van der Waals surface area contributed by atoms with Crippen molar-refractivity contribution < 1.29 is 14.3 Å². The molecule has 25 heavy (non-hydrogen) atoms. The second-order valence-electron chi connectivity index (χ2n) is 6.39. The standard InChI is InChI=1S/C18H20N2O3S2/c1-11-16(25-18(24)19-11)10-17(21)20-6-2-3-13(20)12-4-5-14-15(9-12)23-8-7-22-14/h4-5,9,13H,2-3,6-8,10H2,1H3,(H,19,24)/t13-/m0/s1. The number of hydrogen-bond acceptors (Lipinski definition) is 5. The molecule has 0 bridgehead atoms. The van der Waals surface area contributed by atoms with Crippen molar-refractivity contribution in [2.24, 2.45) is 0 Å². The lowest BCUT2D eigenvalue weighted by Gasteiger charge is -2.26. The molecular formula is C18H20N2O3S2. The van der Waals surface area contributed by atoms with E-state index >= 15 is 0 Å². The molecule has 2 aliphatic rings. The highest BCUT2D eigenvalue weighted by molar-refractivity contribution is 7.73. The number of H-pyrrole nitrogens is 1. The van der Waals surface area contributed by atoms with Gasteiger partial charge in [-0.25, -0.2) is 0 Å². The fourth-order valence-corrected chi connectivity index (χ4v) is 4.81. The number of benzene rings is 1. The Morgan fingerprint density at radius 1 is 1.36 bits per heavy atom. The molecule has 1 fully saturated rings. The Hall–Kier alpha value is -1.86. The van der Waals surface area contributed by atoms with Gasteiger partial charge in [0.2, 0.25) is 5.91 Å². The van der Waals surface area contributed by atoms with Crippen molar-refractivity contribution in [1.29, 1.82) is 0 Å². The zero-order valence-electron chi connectivity index (χ0n) is 14.0. The third kappa shape index (κ3) is 3.30. The smallest absolute Gasteiger partial charge is 0.228 e. The van der Waals surface area contributed by atoms with Gasteiger partial charge in [0.1, 0.15) is 13.2 Å². The van der Waals surface area contributed by atoms with E-state index in [1.165, 1.54) is 11.3 Å². The molecule has 4 rings (SSSR count). The maximum absolute atomic E-state index is 12.9. The summed E-state index contributed by atoms with van der Waals surface area (Å²) in [5, 5.41) is 0. The van der Waals surface area contributed by atoms with Crippen molar-refractivity contribution in [2.45, 2.75) is 32.2 Å². The Morgan fingerprint density at radius 3 is 2.92 bits per heavy atom. The molecule has 3 heterocycles. The molecule has 1 aromatic heterocycles. The third-order valence-electron chi connectivity index (χ3n) is 4.76. The molecular weight excluding hydrogens is 356 g/mol. The number of carbonyl (C=O) groups excluding carboxylic acids is 1. The van der Waals surface area contributed by atoms with E-state index in [1.54, 1.807) is 0 Å². The first-order valence-corrected chi connectivity index (χ1v) is 9.72. The summed E-state index contributed by atoms with van der Waals surface area (Å²) in [6.45, 7) is 3.92. The monoisotopic (exact) mass is 376 g/mol. The molecule has 0 spiro atoms. The molecule has 0 saturated carbocycles. The van der Waals surface area contributed by atoms with Crippen molar-refractivity contribution in [1.82, 2.24) is 9.88 Å². The molecule has 0 aliphatic carbocycles. The minimum Gasteiger partial charge on any atom is -0.486 e. The number of rotatable bonds is 3. The fraction of sp³-hybridized carbons (Fsp3) is 0.444. The molecule has 1 N–H and O–H groups in total. The molecule has 5 nitrogen and oxygen atoms in total. The van der Waals surface area contributed by atoms with Crippen LogP contribution in [0.15, 0.2) is 18.2 Å². The van der Waals surface area contributed by atoms with Gasteiger partial charge in [-0.3, -0.25) is 4.79 Å². The van der Waals surface area contributed by atoms with E-state index in [0.29, 0.717) is 19.6 Å². The van der Waals surface area contributed by atoms with E-state index in [0.717, 1.165) is 51.0 Å². The molecule has 2 aromatic rings. The Labute approximate surface area is 155 Å². The molecule has 1 saturated heterocycles. The number of ether oxygens (including phenoxy) is 2. The molecule has 0 radical (unpaired) electrons. The largest absolute Gasteiger partial charge is 0.486 e. The summed E-state index contributed by atoms with van der Waals surface area (Å²) >= 11 is 6.67. The Balaban J connectivity index is 1.55. The van der Waals surface area contributed by atoms with Crippen LogP contribution in [0.4, 0.5) is 0 Å². The van der Waals surface area contributed by atoms with Crippen molar-refractivity contribution in [2.75, 3.05) is 19.8 Å². The van der Waals surface area contributed by atoms with Gasteiger partial charge in [-0.2, -0.15) is 0 Å². The number of nitrogens with one attached hydrogen (secondary N) is 1. The Kier molecular flexibility index (Phi) is 4.52. The first kappa shape index (κ1) is 16.6. The number of fused-ring (bicyclic) bond motifs is 1. The van der Waals surface area contributed by atoms with Gasteiger partial charge >= 0.3 is 0 Å². The predicted molar refractivity (Wildman–Crippen MR) is 99.1 cm³/mol. The van der Waals surface area contributed by atoms with Gasteiger partial charge in [-0.15, -0.1) is 11.3 Å². The summed E-state index contributed by atoms with van der Waals surface area (Å²) in [5.74, 6) is 1.72. The van der Waals surface area contributed by atoms with Crippen LogP contribution in [0.3, 0.4) is 0 Å². The van der Waals surface area contributed by atoms with Gasteiger partial charge in [-0.05, 0) is 49.7 Å². The molecule has 132 valence electrons. The lowest BCUT2D eigenvalue weighted by Crippen LogP contribution is -2.31. The number of hydrogen-bond donors (Lipinski definition) is 1. The number of thiazole rings is 1. The first-order chi connectivity index (χ1) is 12.1. The topological polar surface area (TPSA) is 54.6 Å². The number of likely N-dealkylation sites (tertiary alicyclic amines) is 1. The van der Waals surface area contributed by atoms with E-state index in [-0.39, 0.29) is 11.9 Å². The number of carbonyl (C=O) groups is 1. The van der Waals surface area contributed by atoms with Gasteiger partial charge in [0.05, 0.1) is 12.5 Å². The highest BCUT2D eigenvalue weighted by atomic mass is 32.1. The van der Waals surface area contributed by atoms with Crippen LogP contribution in [-0.2, 0) is 11.2 Å². The molecule has 1 atom stereocenters.